The van der Waals surface area contributed by atoms with Gasteiger partial charge in [-0.3, -0.25) is 0 Å². The third-order valence-electron chi connectivity index (χ3n) is 4.95. The summed E-state index contributed by atoms with van der Waals surface area (Å²) >= 11 is 0. The molecule has 130 valence electrons. The Bertz CT molecular complexity index is 958. The van der Waals surface area contributed by atoms with E-state index in [4.69, 9.17) is 0 Å². The van der Waals surface area contributed by atoms with E-state index >= 15 is 0 Å². The number of fused-ring (bicyclic) bond motifs is 3. The summed E-state index contributed by atoms with van der Waals surface area (Å²) in [6.07, 6.45) is 1.10. The van der Waals surface area contributed by atoms with Crippen LogP contribution in [0.5, 0.6) is 0 Å². The molecule has 1 aliphatic carbocycles. The fourth-order valence-electron chi connectivity index (χ4n) is 3.52. The lowest BCUT2D eigenvalue weighted by Gasteiger charge is -2.04. The Morgan fingerprint density at radius 1 is 0.481 bits per heavy atom. The van der Waals surface area contributed by atoms with Crippen molar-refractivity contribution in [2.75, 3.05) is 0 Å². The van der Waals surface area contributed by atoms with E-state index in [2.05, 4.69) is 79.4 Å². The van der Waals surface area contributed by atoms with Gasteiger partial charge in [0.05, 0.1) is 0 Å². The van der Waals surface area contributed by atoms with Crippen LogP contribution >= 0.6 is 0 Å². The van der Waals surface area contributed by atoms with E-state index in [0.717, 1.165) is 12.0 Å². The Morgan fingerprint density at radius 2 is 0.852 bits per heavy atom. The van der Waals surface area contributed by atoms with Gasteiger partial charge in [-0.2, -0.15) is 0 Å². The van der Waals surface area contributed by atoms with Gasteiger partial charge in [-0.05, 0) is 45.4 Å². The molecule has 0 fully saturated rings. The van der Waals surface area contributed by atoms with Crippen LogP contribution in [-0.4, -0.2) is 0 Å². The molecule has 0 nitrogen and oxygen atoms in total. The molecule has 0 N–H and O–H groups in total. The van der Waals surface area contributed by atoms with Crippen LogP contribution in [-0.2, 0) is 6.42 Å². The molecule has 0 saturated carbocycles. The fourth-order valence-corrected chi connectivity index (χ4v) is 3.52. The van der Waals surface area contributed by atoms with Crippen LogP contribution in [0.3, 0.4) is 0 Å². The van der Waals surface area contributed by atoms with E-state index in [1.54, 1.807) is 0 Å². The lowest BCUT2D eigenvalue weighted by atomic mass is 10.0. The summed E-state index contributed by atoms with van der Waals surface area (Å²) in [6.45, 7) is 4.10. The molecule has 0 unspecified atom stereocenters. The van der Waals surface area contributed by atoms with Gasteiger partial charge in [0.15, 0.2) is 0 Å². The molecule has 0 atom stereocenters. The summed E-state index contributed by atoms with van der Waals surface area (Å²) in [4.78, 5) is 0. The van der Waals surface area contributed by atoms with Crippen LogP contribution < -0.4 is 0 Å². The van der Waals surface area contributed by atoms with E-state index in [-0.39, 0.29) is 0 Å². The minimum atomic E-state index is 1.08. The average molecular weight is 346 g/mol. The first-order valence-electron chi connectivity index (χ1n) is 9.29. The van der Waals surface area contributed by atoms with Crippen LogP contribution in [0.15, 0.2) is 116 Å². The maximum absolute atomic E-state index is 4.10. The molecular formula is C27H22. The Balaban J connectivity index is 0.000000134. The standard InChI is InChI=1S/C14H12.C13H10/c1-12(13-8-4-2-5-9-13)14-10-6-3-7-11-14;1-3-7-12-10(5-1)9-11-6-2-4-8-13(11)12/h2-11H,1H2;1-8H,9H2. The first-order valence-corrected chi connectivity index (χ1v) is 9.29. The zero-order chi connectivity index (χ0) is 18.5. The van der Waals surface area contributed by atoms with E-state index in [1.165, 1.54) is 33.4 Å². The third-order valence-corrected chi connectivity index (χ3v) is 4.95. The lowest BCUT2D eigenvalue weighted by Crippen LogP contribution is -1.84. The fraction of sp³-hybridized carbons (Fsp3) is 0.0370. The molecule has 0 radical (unpaired) electrons. The number of rotatable bonds is 2. The molecule has 4 aromatic carbocycles. The maximum Gasteiger partial charge on any atom is -0.00135 e. The molecule has 27 heavy (non-hydrogen) atoms. The monoisotopic (exact) mass is 346 g/mol. The molecule has 0 heterocycles. The largest absolute Gasteiger partial charge is 0.0906 e. The second-order valence-corrected chi connectivity index (χ2v) is 6.70. The SMILES string of the molecule is C=C(c1ccccc1)c1ccccc1.c1ccc2c(c1)Cc1ccccc1-2. The van der Waals surface area contributed by atoms with Gasteiger partial charge < -0.3 is 0 Å². The Hall–Kier alpha value is -3.38. The Labute approximate surface area is 161 Å². The van der Waals surface area contributed by atoms with Gasteiger partial charge in [0.2, 0.25) is 0 Å². The van der Waals surface area contributed by atoms with Crippen molar-refractivity contribution in [2.24, 2.45) is 0 Å². The first-order chi connectivity index (χ1) is 13.3. The minimum Gasteiger partial charge on any atom is -0.0906 e. The number of hydrogen-bond donors (Lipinski definition) is 0. The molecule has 0 aliphatic heterocycles. The van der Waals surface area contributed by atoms with Crippen molar-refractivity contribution in [3.63, 3.8) is 0 Å². The van der Waals surface area contributed by atoms with Crippen LogP contribution in [0, 0.1) is 0 Å². The van der Waals surface area contributed by atoms with E-state index < -0.39 is 0 Å². The van der Waals surface area contributed by atoms with Crippen molar-refractivity contribution < 1.29 is 0 Å². The van der Waals surface area contributed by atoms with Gasteiger partial charge in [-0.25, -0.2) is 0 Å². The molecule has 0 bridgehead atoms. The summed E-state index contributed by atoms with van der Waals surface area (Å²) in [7, 11) is 0. The lowest BCUT2D eigenvalue weighted by molar-refractivity contribution is 1.26. The van der Waals surface area contributed by atoms with Crippen LogP contribution in [0.4, 0.5) is 0 Å². The van der Waals surface area contributed by atoms with Gasteiger partial charge in [-0.1, -0.05) is 116 Å². The summed E-state index contributed by atoms with van der Waals surface area (Å²) < 4.78 is 0. The molecule has 0 saturated heterocycles. The Morgan fingerprint density at radius 3 is 1.30 bits per heavy atom. The highest BCUT2D eigenvalue weighted by Crippen LogP contribution is 2.35. The molecule has 0 aromatic heterocycles. The molecule has 0 amide bonds. The number of hydrogen-bond acceptors (Lipinski definition) is 0. The molecule has 1 aliphatic rings. The normalized spacial score (nSPS) is 11.0. The van der Waals surface area contributed by atoms with Crippen LogP contribution in [0.1, 0.15) is 22.3 Å². The predicted molar refractivity (Wildman–Crippen MR) is 116 cm³/mol. The zero-order valence-electron chi connectivity index (χ0n) is 15.3. The van der Waals surface area contributed by atoms with E-state index in [0.29, 0.717) is 0 Å². The Kier molecular flexibility index (Phi) is 4.98. The van der Waals surface area contributed by atoms with Gasteiger partial charge in [-0.15, -0.1) is 0 Å². The molecule has 4 aromatic rings. The maximum atomic E-state index is 4.10. The predicted octanol–water partition coefficient (Wildman–Crippen LogP) is 7.01. The molecule has 5 rings (SSSR count). The molecular weight excluding hydrogens is 324 g/mol. The van der Waals surface area contributed by atoms with Crippen molar-refractivity contribution in [1.29, 1.82) is 0 Å². The highest BCUT2D eigenvalue weighted by molar-refractivity contribution is 5.78. The topological polar surface area (TPSA) is 0 Å². The van der Waals surface area contributed by atoms with Crippen molar-refractivity contribution >= 4 is 5.57 Å². The third kappa shape index (κ3) is 3.75. The summed E-state index contributed by atoms with van der Waals surface area (Å²) in [6, 6.07) is 37.8. The molecule has 0 heteroatoms. The first kappa shape index (κ1) is 17.1. The summed E-state index contributed by atoms with van der Waals surface area (Å²) in [5, 5.41) is 0. The van der Waals surface area contributed by atoms with Crippen LogP contribution in [0.2, 0.25) is 0 Å². The second-order valence-electron chi connectivity index (χ2n) is 6.70. The van der Waals surface area contributed by atoms with Gasteiger partial charge in [0.25, 0.3) is 0 Å². The van der Waals surface area contributed by atoms with Crippen molar-refractivity contribution in [1.82, 2.24) is 0 Å². The zero-order valence-corrected chi connectivity index (χ0v) is 15.3. The van der Waals surface area contributed by atoms with Crippen LogP contribution in [0.25, 0.3) is 16.7 Å². The smallest absolute Gasteiger partial charge is 0.00135 e. The molecule has 0 spiro atoms. The second kappa shape index (κ2) is 7.88. The van der Waals surface area contributed by atoms with Crippen molar-refractivity contribution in [3.8, 4) is 11.1 Å². The minimum absolute atomic E-state index is 1.08. The number of benzene rings is 4. The van der Waals surface area contributed by atoms with Gasteiger partial charge in [0, 0.05) is 0 Å². The van der Waals surface area contributed by atoms with E-state index in [1.807, 2.05) is 36.4 Å². The quantitative estimate of drug-likeness (QED) is 0.322. The van der Waals surface area contributed by atoms with Gasteiger partial charge in [0.1, 0.15) is 0 Å². The van der Waals surface area contributed by atoms with Crippen molar-refractivity contribution in [2.45, 2.75) is 6.42 Å². The highest BCUT2D eigenvalue weighted by atomic mass is 14.2. The summed E-state index contributed by atoms with van der Waals surface area (Å²) in [5.74, 6) is 0. The van der Waals surface area contributed by atoms with Gasteiger partial charge >= 0.3 is 0 Å². The van der Waals surface area contributed by atoms with Crippen molar-refractivity contribution in [3.05, 3.63) is 138 Å². The average Bonchev–Trinajstić information content (AvgIpc) is 3.14. The summed E-state index contributed by atoms with van der Waals surface area (Å²) in [5.41, 5.74) is 9.19. The van der Waals surface area contributed by atoms with E-state index in [9.17, 15) is 0 Å². The highest BCUT2D eigenvalue weighted by Gasteiger charge is 2.15.